The Morgan fingerprint density at radius 2 is 0.934 bits per heavy atom. The number of fused-ring (bicyclic) bond motifs is 11. The van der Waals surface area contributed by atoms with Crippen LogP contribution in [0.1, 0.15) is 47.2 Å². The Balaban J connectivity index is 1.02. The van der Waals surface area contributed by atoms with Gasteiger partial charge in [-0.05, 0) is 79.2 Å². The average Bonchev–Trinajstić information content (AvgIpc) is 3.32. The number of hydrogen-bond donors (Lipinski definition) is 0. The van der Waals surface area contributed by atoms with Gasteiger partial charge in [0.2, 0.25) is 0 Å². The maximum Gasteiger partial charge on any atom is 0.160 e. The van der Waals surface area contributed by atoms with Crippen molar-refractivity contribution in [3.63, 3.8) is 0 Å². The molecule has 0 bridgehead atoms. The zero-order valence-corrected chi connectivity index (χ0v) is 33.9. The fourth-order valence-electron chi connectivity index (χ4n) is 10.4. The fourth-order valence-corrected chi connectivity index (χ4v) is 10.4. The summed E-state index contributed by atoms with van der Waals surface area (Å²) in [5.74, 6) is 2.48. The number of ether oxygens (including phenoxy) is 1. The molecule has 3 heteroatoms. The largest absolute Gasteiger partial charge is 0.457 e. The number of hydrogen-bond acceptors (Lipinski definition) is 3. The van der Waals surface area contributed by atoms with Gasteiger partial charge in [0.1, 0.15) is 11.5 Å². The van der Waals surface area contributed by atoms with Crippen LogP contribution >= 0.6 is 0 Å². The van der Waals surface area contributed by atoms with E-state index in [9.17, 15) is 0 Å². The third-order valence-corrected chi connectivity index (χ3v) is 13.2. The van der Waals surface area contributed by atoms with Crippen molar-refractivity contribution in [2.24, 2.45) is 0 Å². The SMILES string of the molecule is CC1(C)c2ccccc2C2(c3ccccc3Oc3ccccc32)c2cccc(-c3ccc(-c4nc(-c5ccccc5)cc(-c5ccc6c(ccc7ccccc76)c5)n4)cc3)c21. The Hall–Kier alpha value is -7.62. The predicted molar refractivity (Wildman–Crippen MR) is 249 cm³/mol. The Morgan fingerprint density at radius 1 is 0.377 bits per heavy atom. The number of nitrogens with zero attached hydrogens (tertiary/aromatic N) is 2. The second kappa shape index (κ2) is 13.5. The summed E-state index contributed by atoms with van der Waals surface area (Å²) in [7, 11) is 0. The molecule has 1 aliphatic heterocycles. The van der Waals surface area contributed by atoms with Gasteiger partial charge in [-0.3, -0.25) is 0 Å². The van der Waals surface area contributed by atoms with Gasteiger partial charge >= 0.3 is 0 Å². The molecule has 0 N–H and O–H groups in total. The first-order valence-corrected chi connectivity index (χ1v) is 21.1. The van der Waals surface area contributed by atoms with Crippen LogP contribution < -0.4 is 4.74 Å². The Kier molecular flexibility index (Phi) is 7.79. The third-order valence-electron chi connectivity index (χ3n) is 13.2. The molecule has 1 spiro atoms. The maximum atomic E-state index is 6.65. The first-order chi connectivity index (χ1) is 30.0. The minimum Gasteiger partial charge on any atom is -0.457 e. The lowest BCUT2D eigenvalue weighted by Crippen LogP contribution is -2.43. The summed E-state index contributed by atoms with van der Waals surface area (Å²) in [6.07, 6.45) is 0. The van der Waals surface area contributed by atoms with E-state index < -0.39 is 5.41 Å². The first-order valence-electron chi connectivity index (χ1n) is 21.1. The van der Waals surface area contributed by atoms with Crippen LogP contribution in [0.2, 0.25) is 0 Å². The van der Waals surface area contributed by atoms with Crippen molar-refractivity contribution in [3.8, 4) is 56.5 Å². The van der Waals surface area contributed by atoms with Crippen molar-refractivity contribution >= 4 is 21.5 Å². The summed E-state index contributed by atoms with van der Waals surface area (Å²) in [5, 5.41) is 4.92. The Labute approximate surface area is 355 Å². The van der Waals surface area contributed by atoms with Crippen LogP contribution in [0.15, 0.2) is 206 Å². The normalized spacial score (nSPS) is 14.1. The van der Waals surface area contributed by atoms with Crippen molar-refractivity contribution in [3.05, 3.63) is 240 Å². The van der Waals surface area contributed by atoms with Crippen molar-refractivity contribution < 1.29 is 4.74 Å². The average molecular weight is 781 g/mol. The van der Waals surface area contributed by atoms with Gasteiger partial charge in [0.05, 0.1) is 16.8 Å². The molecule has 0 radical (unpaired) electrons. The van der Waals surface area contributed by atoms with Gasteiger partial charge in [-0.1, -0.05) is 196 Å². The van der Waals surface area contributed by atoms with E-state index in [0.29, 0.717) is 5.82 Å². The molecule has 0 unspecified atom stereocenters. The van der Waals surface area contributed by atoms with Crippen molar-refractivity contribution in [2.75, 3.05) is 0 Å². The van der Waals surface area contributed by atoms with E-state index in [1.807, 2.05) is 6.07 Å². The molecule has 1 aromatic heterocycles. The molecular formula is C58H40N2O. The molecule has 12 rings (SSSR count). The van der Waals surface area contributed by atoms with E-state index >= 15 is 0 Å². The summed E-state index contributed by atoms with van der Waals surface area (Å²) in [6, 6.07) is 74.1. The molecule has 9 aromatic carbocycles. The van der Waals surface area contributed by atoms with E-state index in [4.69, 9.17) is 14.7 Å². The smallest absolute Gasteiger partial charge is 0.160 e. The zero-order chi connectivity index (χ0) is 40.7. The molecule has 1 aliphatic carbocycles. The topological polar surface area (TPSA) is 35.0 Å². The minimum absolute atomic E-state index is 0.303. The molecule has 3 nitrogen and oxygen atoms in total. The lowest BCUT2D eigenvalue weighted by Gasteiger charge is -2.50. The Bertz CT molecular complexity index is 3320. The number of rotatable bonds is 4. The Morgan fingerprint density at radius 3 is 1.69 bits per heavy atom. The highest BCUT2D eigenvalue weighted by atomic mass is 16.5. The highest BCUT2D eigenvalue weighted by Crippen LogP contribution is 2.62. The standard InChI is InChI=1S/C58H40N2O/c1-57(2)46-20-8-9-21-47(46)58(48-22-10-12-25-53(48)61-54-26-13-11-23-49(54)58)50-24-14-19-45(55(50)57)38-27-30-40(31-28-38)56-59-51(39-16-4-3-5-17-39)36-52(60-56)42-33-34-44-41(35-42)32-29-37-15-6-7-18-43(37)44/h3-36H,1-2H3. The van der Waals surface area contributed by atoms with Crippen LogP contribution in [0.25, 0.3) is 66.6 Å². The highest BCUT2D eigenvalue weighted by Gasteiger charge is 2.53. The lowest BCUT2D eigenvalue weighted by molar-refractivity contribution is 0.425. The molecule has 288 valence electrons. The summed E-state index contributed by atoms with van der Waals surface area (Å²) < 4.78 is 6.65. The van der Waals surface area contributed by atoms with E-state index in [0.717, 1.165) is 56.3 Å². The minimum atomic E-state index is -0.569. The number of aromatic nitrogens is 2. The third kappa shape index (κ3) is 5.30. The molecule has 2 heterocycles. The lowest BCUT2D eigenvalue weighted by atomic mass is 9.53. The maximum absolute atomic E-state index is 6.65. The van der Waals surface area contributed by atoms with Gasteiger partial charge in [0, 0.05) is 33.2 Å². The van der Waals surface area contributed by atoms with Crippen molar-refractivity contribution in [1.82, 2.24) is 9.97 Å². The molecule has 2 aliphatic rings. The molecule has 0 saturated carbocycles. The highest BCUT2D eigenvalue weighted by molar-refractivity contribution is 6.08. The van der Waals surface area contributed by atoms with Gasteiger partial charge in [-0.25, -0.2) is 9.97 Å². The monoisotopic (exact) mass is 780 g/mol. The van der Waals surface area contributed by atoms with E-state index in [1.54, 1.807) is 0 Å². The molecule has 0 amide bonds. The van der Waals surface area contributed by atoms with E-state index in [-0.39, 0.29) is 5.41 Å². The second-order valence-electron chi connectivity index (χ2n) is 16.9. The predicted octanol–water partition coefficient (Wildman–Crippen LogP) is 14.6. The fraction of sp³-hybridized carbons (Fsp3) is 0.0690. The first kappa shape index (κ1) is 35.3. The molecule has 0 saturated heterocycles. The molecule has 10 aromatic rings. The van der Waals surface area contributed by atoms with Crippen LogP contribution in [0, 0.1) is 0 Å². The second-order valence-corrected chi connectivity index (χ2v) is 16.9. The number of benzene rings is 9. The quantitative estimate of drug-likeness (QED) is 0.167. The molecule has 61 heavy (non-hydrogen) atoms. The van der Waals surface area contributed by atoms with Gasteiger partial charge in [0.25, 0.3) is 0 Å². The molecular weight excluding hydrogens is 741 g/mol. The summed E-state index contributed by atoms with van der Waals surface area (Å²) in [6.45, 7) is 4.76. The van der Waals surface area contributed by atoms with Gasteiger partial charge in [-0.15, -0.1) is 0 Å². The zero-order valence-electron chi connectivity index (χ0n) is 33.9. The van der Waals surface area contributed by atoms with Crippen molar-refractivity contribution in [2.45, 2.75) is 24.7 Å². The van der Waals surface area contributed by atoms with Gasteiger partial charge in [-0.2, -0.15) is 0 Å². The molecule has 0 atom stereocenters. The van der Waals surface area contributed by atoms with Gasteiger partial charge < -0.3 is 4.74 Å². The van der Waals surface area contributed by atoms with Gasteiger partial charge in [0.15, 0.2) is 5.82 Å². The number of para-hydroxylation sites is 2. The van der Waals surface area contributed by atoms with Crippen LogP contribution in [0.4, 0.5) is 0 Å². The van der Waals surface area contributed by atoms with E-state index in [1.165, 1.54) is 49.4 Å². The molecule has 0 fully saturated rings. The van der Waals surface area contributed by atoms with Crippen LogP contribution in [-0.2, 0) is 10.8 Å². The van der Waals surface area contributed by atoms with Crippen LogP contribution in [0.3, 0.4) is 0 Å². The summed E-state index contributed by atoms with van der Waals surface area (Å²) in [4.78, 5) is 10.5. The summed E-state index contributed by atoms with van der Waals surface area (Å²) in [5.41, 5.74) is 13.9. The van der Waals surface area contributed by atoms with E-state index in [2.05, 4.69) is 214 Å². The van der Waals surface area contributed by atoms with Crippen LogP contribution in [0.5, 0.6) is 11.5 Å². The van der Waals surface area contributed by atoms with Crippen molar-refractivity contribution in [1.29, 1.82) is 0 Å². The van der Waals surface area contributed by atoms with Crippen LogP contribution in [-0.4, -0.2) is 9.97 Å². The summed E-state index contributed by atoms with van der Waals surface area (Å²) >= 11 is 0.